The van der Waals surface area contributed by atoms with E-state index in [4.69, 9.17) is 9.47 Å². The molecule has 1 aromatic heterocycles. The maximum atomic E-state index is 10.8. The lowest BCUT2D eigenvalue weighted by atomic mass is 10.6. The highest BCUT2D eigenvalue weighted by atomic mass is 32.2. The van der Waals surface area contributed by atoms with Crippen LogP contribution in [0.3, 0.4) is 0 Å². The van der Waals surface area contributed by atoms with Gasteiger partial charge in [0.25, 0.3) is 4.06 Å². The van der Waals surface area contributed by atoms with E-state index in [1.807, 2.05) is 0 Å². The number of hydrogen-bond donors (Lipinski definition) is 0. The van der Waals surface area contributed by atoms with E-state index in [0.29, 0.717) is 13.2 Å². The minimum absolute atomic E-state index is 0.0964. The molecule has 5 heteroatoms. The highest BCUT2D eigenvalue weighted by Gasteiger charge is 2.19. The molecule has 0 atom stereocenters. The third-order valence-electron chi connectivity index (χ3n) is 1.33. The van der Waals surface area contributed by atoms with Crippen LogP contribution in [0.15, 0.2) is 10.2 Å². The van der Waals surface area contributed by atoms with Gasteiger partial charge < -0.3 is 9.47 Å². The molecule has 0 spiro atoms. The molecule has 0 radical (unpaired) electrons. The average molecular weight is 190 g/mol. The molecule has 60 valence electrons. The van der Waals surface area contributed by atoms with Crippen molar-refractivity contribution >= 4 is 22.7 Å². The van der Waals surface area contributed by atoms with Crippen LogP contribution in [0, 0.1) is 0 Å². The second-order valence-corrected chi connectivity index (χ2v) is 4.21. The Bertz CT molecular complexity index is 284. The first-order chi connectivity index (χ1) is 5.36. The summed E-state index contributed by atoms with van der Waals surface area (Å²) in [6, 6.07) is 0. The van der Waals surface area contributed by atoms with E-state index in [9.17, 15) is 4.79 Å². The minimum Gasteiger partial charge on any atom is -0.345 e. The van der Waals surface area contributed by atoms with E-state index in [0.717, 1.165) is 4.88 Å². The molecule has 0 saturated carbocycles. The Morgan fingerprint density at radius 2 is 2.18 bits per heavy atom. The van der Waals surface area contributed by atoms with Crippen LogP contribution >= 0.6 is 22.7 Å². The zero-order valence-corrected chi connectivity index (χ0v) is 7.24. The van der Waals surface area contributed by atoms with Crippen molar-refractivity contribution in [2.75, 3.05) is 13.2 Å². The van der Waals surface area contributed by atoms with E-state index in [1.54, 1.807) is 5.38 Å². The van der Waals surface area contributed by atoms with Gasteiger partial charge in [-0.05, 0) is 0 Å². The monoisotopic (exact) mass is 190 g/mol. The van der Waals surface area contributed by atoms with Crippen molar-refractivity contribution in [3.63, 3.8) is 0 Å². The average Bonchev–Trinajstić information content (AvgIpc) is 2.55. The predicted molar refractivity (Wildman–Crippen MR) is 43.1 cm³/mol. The second-order valence-electron chi connectivity index (χ2n) is 2.06. The lowest BCUT2D eigenvalue weighted by Crippen LogP contribution is -1.93. The zero-order chi connectivity index (χ0) is 7.68. The molecule has 3 nitrogen and oxygen atoms in total. The van der Waals surface area contributed by atoms with Crippen LogP contribution < -0.4 is 4.06 Å². The van der Waals surface area contributed by atoms with Crippen LogP contribution in [0.5, 0.6) is 0 Å². The topological polar surface area (TPSA) is 35.5 Å². The highest BCUT2D eigenvalue weighted by Crippen LogP contribution is 2.25. The highest BCUT2D eigenvalue weighted by molar-refractivity contribution is 7.26. The fourth-order valence-electron chi connectivity index (χ4n) is 0.877. The van der Waals surface area contributed by atoms with Gasteiger partial charge in [0, 0.05) is 5.38 Å². The molecule has 0 amide bonds. The van der Waals surface area contributed by atoms with Gasteiger partial charge in [0.05, 0.1) is 18.1 Å². The van der Waals surface area contributed by atoms with Crippen molar-refractivity contribution in [1.82, 2.24) is 0 Å². The van der Waals surface area contributed by atoms with Crippen molar-refractivity contribution in [3.05, 3.63) is 19.1 Å². The summed E-state index contributed by atoms with van der Waals surface area (Å²) in [5.41, 5.74) is 0. The van der Waals surface area contributed by atoms with Crippen molar-refractivity contribution in [2.45, 2.75) is 6.29 Å². The fraction of sp³-hybridized carbons (Fsp3) is 0.500. The van der Waals surface area contributed by atoms with Gasteiger partial charge in [0.1, 0.15) is 0 Å². The lowest BCUT2D eigenvalue weighted by Gasteiger charge is -2.02. The Kier molecular flexibility index (Phi) is 2.04. The standard InChI is InChI=1S/C6H6O3S2/c7-6-10-3-4(11-6)5-8-1-2-9-5/h3,5H,1-2H2. The Hall–Kier alpha value is -0.230. The van der Waals surface area contributed by atoms with E-state index >= 15 is 0 Å². The van der Waals surface area contributed by atoms with Gasteiger partial charge in [-0.3, -0.25) is 4.79 Å². The van der Waals surface area contributed by atoms with Gasteiger partial charge in [-0.15, -0.1) is 0 Å². The summed E-state index contributed by atoms with van der Waals surface area (Å²) in [7, 11) is 0. The maximum absolute atomic E-state index is 10.8. The molecular weight excluding hydrogens is 184 g/mol. The Labute approximate surface area is 71.2 Å². The van der Waals surface area contributed by atoms with Crippen LogP contribution in [0.4, 0.5) is 0 Å². The summed E-state index contributed by atoms with van der Waals surface area (Å²) < 4.78 is 10.5. The first-order valence-electron chi connectivity index (χ1n) is 3.18. The first-order valence-corrected chi connectivity index (χ1v) is 4.87. The zero-order valence-electron chi connectivity index (χ0n) is 5.61. The molecule has 1 aliphatic rings. The van der Waals surface area contributed by atoms with Crippen molar-refractivity contribution in [1.29, 1.82) is 0 Å². The molecule has 0 bridgehead atoms. The van der Waals surface area contributed by atoms with Gasteiger partial charge in [0.15, 0.2) is 6.29 Å². The Morgan fingerprint density at radius 3 is 2.73 bits per heavy atom. The van der Waals surface area contributed by atoms with Crippen molar-refractivity contribution in [2.24, 2.45) is 0 Å². The summed E-state index contributed by atoms with van der Waals surface area (Å²) in [5.74, 6) is 0. The van der Waals surface area contributed by atoms with E-state index in [-0.39, 0.29) is 10.3 Å². The van der Waals surface area contributed by atoms with Crippen LogP contribution in [-0.4, -0.2) is 13.2 Å². The van der Waals surface area contributed by atoms with E-state index in [2.05, 4.69) is 0 Å². The van der Waals surface area contributed by atoms with Gasteiger partial charge in [-0.2, -0.15) is 0 Å². The molecule has 2 heterocycles. The van der Waals surface area contributed by atoms with Crippen molar-refractivity contribution in [3.8, 4) is 0 Å². The van der Waals surface area contributed by atoms with E-state index < -0.39 is 0 Å². The molecular formula is C6H6O3S2. The number of hydrogen-bond acceptors (Lipinski definition) is 5. The van der Waals surface area contributed by atoms with Gasteiger partial charge in [-0.1, -0.05) is 22.7 Å². The number of ether oxygens (including phenoxy) is 2. The Morgan fingerprint density at radius 1 is 1.45 bits per heavy atom. The smallest absolute Gasteiger partial charge is 0.287 e. The van der Waals surface area contributed by atoms with Crippen molar-refractivity contribution < 1.29 is 9.47 Å². The first kappa shape index (κ1) is 7.42. The molecule has 1 aromatic rings. The third-order valence-corrected chi connectivity index (χ3v) is 3.29. The van der Waals surface area contributed by atoms with E-state index in [1.165, 1.54) is 22.7 Å². The maximum Gasteiger partial charge on any atom is 0.287 e. The summed E-state index contributed by atoms with van der Waals surface area (Å²) in [6.45, 7) is 1.25. The van der Waals surface area contributed by atoms with Crippen LogP contribution in [0.2, 0.25) is 0 Å². The molecule has 1 fully saturated rings. The Balaban J connectivity index is 2.21. The SMILES string of the molecule is O=c1scc(C2OCCO2)s1. The molecule has 0 unspecified atom stereocenters. The molecule has 0 aliphatic carbocycles. The molecule has 11 heavy (non-hydrogen) atoms. The summed E-state index contributed by atoms with van der Waals surface area (Å²) in [6.07, 6.45) is -0.279. The van der Waals surface area contributed by atoms with Crippen LogP contribution in [0.1, 0.15) is 11.2 Å². The number of rotatable bonds is 1. The minimum atomic E-state index is -0.279. The quantitative estimate of drug-likeness (QED) is 0.668. The fourth-order valence-corrected chi connectivity index (χ4v) is 2.59. The normalized spacial score (nSPS) is 19.3. The lowest BCUT2D eigenvalue weighted by molar-refractivity contribution is -0.0412. The molecule has 1 aliphatic heterocycles. The van der Waals surface area contributed by atoms with Crippen LogP contribution in [-0.2, 0) is 9.47 Å². The summed E-state index contributed by atoms with van der Waals surface area (Å²) in [4.78, 5) is 11.7. The molecule has 2 rings (SSSR count). The molecule has 1 saturated heterocycles. The molecule has 0 aromatic carbocycles. The van der Waals surface area contributed by atoms with Gasteiger partial charge >= 0.3 is 0 Å². The van der Waals surface area contributed by atoms with Gasteiger partial charge in [-0.25, -0.2) is 0 Å². The second kappa shape index (κ2) is 3.02. The van der Waals surface area contributed by atoms with Gasteiger partial charge in [0.2, 0.25) is 0 Å². The summed E-state index contributed by atoms with van der Waals surface area (Å²) >= 11 is 2.39. The summed E-state index contributed by atoms with van der Waals surface area (Å²) in [5, 5.41) is 1.79. The third kappa shape index (κ3) is 1.51. The predicted octanol–water partition coefficient (Wildman–Crippen LogP) is 1.22. The molecule has 0 N–H and O–H groups in total. The largest absolute Gasteiger partial charge is 0.345 e. The van der Waals surface area contributed by atoms with Crippen LogP contribution in [0.25, 0.3) is 0 Å².